The minimum Gasteiger partial charge on any atom is -0.497 e. The number of carbonyl (C=O) groups excluding carboxylic acids is 2. The van der Waals surface area contributed by atoms with E-state index in [0.717, 1.165) is 63.9 Å². The zero-order chi connectivity index (χ0) is 24.7. The van der Waals surface area contributed by atoms with E-state index < -0.39 is 0 Å². The molecule has 4 rings (SSSR count). The van der Waals surface area contributed by atoms with Crippen molar-refractivity contribution in [3.63, 3.8) is 0 Å². The van der Waals surface area contributed by atoms with Crippen LogP contribution >= 0.6 is 0 Å². The van der Waals surface area contributed by atoms with Crippen LogP contribution in [0.2, 0.25) is 0 Å². The zero-order valence-corrected chi connectivity index (χ0v) is 21.1. The molecule has 188 valence electrons. The number of rotatable bonds is 2. The normalized spacial score (nSPS) is 19.4. The Hall–Kier alpha value is -3.02. The molecule has 35 heavy (non-hydrogen) atoms. The summed E-state index contributed by atoms with van der Waals surface area (Å²) < 4.78 is 11.3. The molecule has 6 heteroatoms. The van der Waals surface area contributed by atoms with Gasteiger partial charge in [0.25, 0.3) is 5.91 Å². The number of likely N-dealkylation sites (tertiary alicyclic amines) is 1. The summed E-state index contributed by atoms with van der Waals surface area (Å²) in [4.78, 5) is 29.9. The minimum atomic E-state index is 0.0513. The van der Waals surface area contributed by atoms with Crippen molar-refractivity contribution in [1.82, 2.24) is 9.80 Å². The van der Waals surface area contributed by atoms with Gasteiger partial charge in [0.15, 0.2) is 0 Å². The number of methoxy groups -OCH3 is 1. The summed E-state index contributed by atoms with van der Waals surface area (Å²) in [6.07, 6.45) is 7.30. The standard InChI is InChI=1S/C29H38N2O4/c1-30-22-29(16-18-31(19-17-29)28(33)24-11-7-12-25(21-24)34-2)15-6-5-10-23-9-3-4-13-26(23)35-20-8-14-27(30)32/h3-4,7,9,11-13,21H,5-6,8,10,14-20,22H2,1-2H3. The summed E-state index contributed by atoms with van der Waals surface area (Å²) in [6.45, 7) is 2.75. The lowest BCUT2D eigenvalue weighted by Crippen LogP contribution is -2.48. The fourth-order valence-electron chi connectivity index (χ4n) is 5.46. The van der Waals surface area contributed by atoms with Gasteiger partial charge in [0.1, 0.15) is 11.5 Å². The molecule has 1 fully saturated rings. The largest absolute Gasteiger partial charge is 0.497 e. The predicted octanol–water partition coefficient (Wildman–Crippen LogP) is 4.96. The van der Waals surface area contributed by atoms with E-state index in [9.17, 15) is 9.59 Å². The van der Waals surface area contributed by atoms with Gasteiger partial charge in [0, 0.05) is 38.7 Å². The van der Waals surface area contributed by atoms with Crippen molar-refractivity contribution in [3.05, 3.63) is 59.7 Å². The lowest BCUT2D eigenvalue weighted by molar-refractivity contribution is -0.132. The molecule has 6 nitrogen and oxygen atoms in total. The van der Waals surface area contributed by atoms with Crippen molar-refractivity contribution in [2.75, 3.05) is 40.4 Å². The number of aryl methyl sites for hydroxylation is 1. The van der Waals surface area contributed by atoms with Crippen LogP contribution in [0, 0.1) is 5.41 Å². The molecule has 0 radical (unpaired) electrons. The van der Waals surface area contributed by atoms with Gasteiger partial charge in [-0.3, -0.25) is 9.59 Å². The van der Waals surface area contributed by atoms with Gasteiger partial charge in [0.2, 0.25) is 5.91 Å². The van der Waals surface area contributed by atoms with Crippen LogP contribution in [0.25, 0.3) is 0 Å². The Bertz CT molecular complexity index is 1010. The van der Waals surface area contributed by atoms with Gasteiger partial charge in [-0.25, -0.2) is 0 Å². The molecule has 1 saturated heterocycles. The second kappa shape index (κ2) is 11.6. The third-order valence-corrected chi connectivity index (χ3v) is 7.59. The summed E-state index contributed by atoms with van der Waals surface area (Å²) in [5, 5.41) is 0. The van der Waals surface area contributed by atoms with E-state index in [4.69, 9.17) is 9.47 Å². The van der Waals surface area contributed by atoms with E-state index in [1.807, 2.05) is 53.2 Å². The number of para-hydroxylation sites is 1. The fourth-order valence-corrected chi connectivity index (χ4v) is 5.46. The maximum absolute atomic E-state index is 13.1. The van der Waals surface area contributed by atoms with Crippen molar-refractivity contribution in [2.24, 2.45) is 5.41 Å². The maximum Gasteiger partial charge on any atom is 0.253 e. The quantitative estimate of drug-likeness (QED) is 0.612. The zero-order valence-electron chi connectivity index (χ0n) is 21.1. The lowest BCUT2D eigenvalue weighted by atomic mass is 9.73. The average Bonchev–Trinajstić information content (AvgIpc) is 2.89. The smallest absolute Gasteiger partial charge is 0.253 e. The Morgan fingerprint density at radius 1 is 0.971 bits per heavy atom. The molecular formula is C29H38N2O4. The van der Waals surface area contributed by atoms with Gasteiger partial charge in [-0.2, -0.15) is 0 Å². The molecule has 0 bridgehead atoms. The van der Waals surface area contributed by atoms with Gasteiger partial charge >= 0.3 is 0 Å². The Balaban J connectivity index is 1.44. The number of hydrogen-bond acceptors (Lipinski definition) is 4. The van der Waals surface area contributed by atoms with Crippen molar-refractivity contribution >= 4 is 11.8 Å². The summed E-state index contributed by atoms with van der Waals surface area (Å²) in [6, 6.07) is 15.6. The van der Waals surface area contributed by atoms with Crippen LogP contribution in [0.15, 0.2) is 48.5 Å². The second-order valence-electron chi connectivity index (χ2n) is 10.0. The number of fused-ring (bicyclic) bond motifs is 1. The molecule has 2 aliphatic heterocycles. The molecule has 1 spiro atoms. The number of ether oxygens (including phenoxy) is 2. The highest BCUT2D eigenvalue weighted by atomic mass is 16.5. The van der Waals surface area contributed by atoms with Crippen LogP contribution in [0.5, 0.6) is 11.5 Å². The van der Waals surface area contributed by atoms with Gasteiger partial charge in [-0.15, -0.1) is 0 Å². The third kappa shape index (κ3) is 6.36. The molecule has 2 aliphatic rings. The number of nitrogens with zero attached hydrogens (tertiary/aromatic N) is 2. The average molecular weight is 479 g/mol. The van der Waals surface area contributed by atoms with Crippen LogP contribution in [-0.4, -0.2) is 62.0 Å². The summed E-state index contributed by atoms with van der Waals surface area (Å²) >= 11 is 0. The highest BCUT2D eigenvalue weighted by Crippen LogP contribution is 2.38. The van der Waals surface area contributed by atoms with E-state index in [-0.39, 0.29) is 17.2 Å². The topological polar surface area (TPSA) is 59.1 Å². The van der Waals surface area contributed by atoms with Crippen LogP contribution < -0.4 is 9.47 Å². The number of amides is 2. The van der Waals surface area contributed by atoms with E-state index in [0.29, 0.717) is 30.8 Å². The lowest BCUT2D eigenvalue weighted by Gasteiger charge is -2.44. The Morgan fingerprint density at radius 2 is 1.77 bits per heavy atom. The van der Waals surface area contributed by atoms with Gasteiger partial charge in [-0.1, -0.05) is 30.7 Å². The molecule has 0 saturated carbocycles. The highest BCUT2D eigenvalue weighted by Gasteiger charge is 2.37. The number of benzene rings is 2. The van der Waals surface area contributed by atoms with Crippen LogP contribution in [0.3, 0.4) is 0 Å². The summed E-state index contributed by atoms with van der Waals surface area (Å²) in [5.41, 5.74) is 1.97. The van der Waals surface area contributed by atoms with Crippen molar-refractivity contribution in [2.45, 2.75) is 51.4 Å². The fraction of sp³-hybridized carbons (Fsp3) is 0.517. The molecular weight excluding hydrogens is 440 g/mol. The summed E-state index contributed by atoms with van der Waals surface area (Å²) in [5.74, 6) is 1.88. The number of hydrogen-bond donors (Lipinski definition) is 0. The Morgan fingerprint density at radius 3 is 2.57 bits per heavy atom. The van der Waals surface area contributed by atoms with Crippen LogP contribution in [0.4, 0.5) is 0 Å². The van der Waals surface area contributed by atoms with Gasteiger partial charge in [0.05, 0.1) is 13.7 Å². The molecule has 2 aromatic carbocycles. The van der Waals surface area contributed by atoms with Gasteiger partial charge in [-0.05, 0) is 73.8 Å². The maximum atomic E-state index is 13.1. The van der Waals surface area contributed by atoms with Crippen molar-refractivity contribution in [1.29, 1.82) is 0 Å². The van der Waals surface area contributed by atoms with Gasteiger partial charge < -0.3 is 19.3 Å². The van der Waals surface area contributed by atoms with Crippen LogP contribution in [0.1, 0.15) is 60.9 Å². The Labute approximate surface area is 209 Å². The molecule has 0 atom stereocenters. The molecule has 0 aromatic heterocycles. The first-order valence-electron chi connectivity index (χ1n) is 12.9. The van der Waals surface area contributed by atoms with Crippen LogP contribution in [-0.2, 0) is 11.2 Å². The van der Waals surface area contributed by atoms with E-state index in [2.05, 4.69) is 12.1 Å². The summed E-state index contributed by atoms with van der Waals surface area (Å²) in [7, 11) is 3.55. The number of piperidine rings is 1. The second-order valence-corrected chi connectivity index (χ2v) is 10.0. The van der Waals surface area contributed by atoms with Crippen molar-refractivity contribution in [3.8, 4) is 11.5 Å². The SMILES string of the molecule is COc1cccc(C(=O)N2CCC3(CCCCc4ccccc4OCCCC(=O)N(C)C3)CC2)c1. The molecule has 0 N–H and O–H groups in total. The Kier molecular flexibility index (Phi) is 8.32. The molecule has 2 heterocycles. The molecule has 0 unspecified atom stereocenters. The first-order chi connectivity index (χ1) is 17.0. The number of carbonyl (C=O) groups is 2. The van der Waals surface area contributed by atoms with E-state index in [1.54, 1.807) is 7.11 Å². The molecule has 2 amide bonds. The molecule has 0 aliphatic carbocycles. The highest BCUT2D eigenvalue weighted by molar-refractivity contribution is 5.94. The molecule has 2 aromatic rings. The van der Waals surface area contributed by atoms with E-state index >= 15 is 0 Å². The first-order valence-corrected chi connectivity index (χ1v) is 12.9. The third-order valence-electron chi connectivity index (χ3n) is 7.59. The monoisotopic (exact) mass is 478 g/mol. The van der Waals surface area contributed by atoms with E-state index in [1.165, 1.54) is 5.56 Å². The predicted molar refractivity (Wildman–Crippen MR) is 137 cm³/mol. The van der Waals surface area contributed by atoms with Crippen molar-refractivity contribution < 1.29 is 19.1 Å². The first kappa shape index (κ1) is 25.1. The minimum absolute atomic E-state index is 0.0513.